The number of Topliss-reactive ketones (excluding diaryl/α,β-unsaturated/α-hetero) is 1. The Morgan fingerprint density at radius 3 is 2.62 bits per heavy atom. The molecule has 0 aromatic carbocycles. The highest BCUT2D eigenvalue weighted by Gasteiger charge is 2.22. The van der Waals surface area contributed by atoms with Crippen molar-refractivity contribution in [3.05, 3.63) is 16.4 Å². The molecule has 0 unspecified atom stereocenters. The number of nitrogens with zero attached hydrogens (tertiary/aromatic N) is 3. The first-order valence-electron chi connectivity index (χ1n) is 5.52. The van der Waals surface area contributed by atoms with Crippen molar-refractivity contribution in [3.63, 3.8) is 0 Å². The van der Waals surface area contributed by atoms with Crippen LogP contribution in [0.1, 0.15) is 36.2 Å². The normalized spacial score (nSPS) is 18.9. The van der Waals surface area contributed by atoms with Crippen LogP contribution in [0.4, 0.5) is 0 Å². The van der Waals surface area contributed by atoms with E-state index >= 15 is 0 Å². The summed E-state index contributed by atoms with van der Waals surface area (Å²) in [4.78, 5) is 13.6. The molecule has 0 amide bonds. The van der Waals surface area contributed by atoms with Gasteiger partial charge in [-0.25, -0.2) is 0 Å². The lowest BCUT2D eigenvalue weighted by Crippen LogP contribution is -2.32. The summed E-state index contributed by atoms with van der Waals surface area (Å²) in [5.74, 6) is 0.0612. The van der Waals surface area contributed by atoms with Crippen molar-refractivity contribution in [2.24, 2.45) is 0 Å². The van der Waals surface area contributed by atoms with Crippen molar-refractivity contribution in [2.45, 2.75) is 25.8 Å². The quantitative estimate of drug-likeness (QED) is 0.782. The number of hydrogen-bond acceptors (Lipinski definition) is 3. The summed E-state index contributed by atoms with van der Waals surface area (Å²) in [6, 6.07) is 0.415. The predicted molar refractivity (Wildman–Crippen MR) is 65.7 cm³/mol. The molecule has 1 saturated heterocycles. The summed E-state index contributed by atoms with van der Waals surface area (Å²) >= 11 is 3.47. The molecule has 2 heterocycles. The fourth-order valence-electron chi connectivity index (χ4n) is 2.08. The number of hydrogen-bond donors (Lipinski definition) is 0. The Kier molecular flexibility index (Phi) is 3.44. The minimum atomic E-state index is 0.0612. The van der Waals surface area contributed by atoms with Crippen molar-refractivity contribution in [1.29, 1.82) is 0 Å². The highest BCUT2D eigenvalue weighted by Crippen LogP contribution is 2.27. The maximum absolute atomic E-state index is 11.3. The molecular formula is C11H16BrN3O. The predicted octanol–water partition coefficient (Wildman–Crippen LogP) is 2.11. The topological polar surface area (TPSA) is 38.1 Å². The van der Waals surface area contributed by atoms with Crippen LogP contribution in [-0.2, 0) is 0 Å². The summed E-state index contributed by atoms with van der Waals surface area (Å²) in [6.45, 7) is 3.75. The number of aromatic nitrogens is 2. The number of carbonyl (C=O) groups is 1. The third-order valence-corrected chi connectivity index (χ3v) is 3.94. The minimum Gasteiger partial charge on any atom is -0.306 e. The van der Waals surface area contributed by atoms with Crippen LogP contribution in [0.3, 0.4) is 0 Å². The van der Waals surface area contributed by atoms with Crippen molar-refractivity contribution >= 4 is 21.7 Å². The Labute approximate surface area is 104 Å². The van der Waals surface area contributed by atoms with Crippen LogP contribution in [0.5, 0.6) is 0 Å². The summed E-state index contributed by atoms with van der Waals surface area (Å²) in [5.41, 5.74) is 0.680. The van der Waals surface area contributed by atoms with Crippen LogP contribution in [0.15, 0.2) is 10.8 Å². The third kappa shape index (κ3) is 2.20. The minimum absolute atomic E-state index is 0.0612. The molecule has 1 aromatic rings. The molecule has 0 N–H and O–H groups in total. The Morgan fingerprint density at radius 1 is 1.50 bits per heavy atom. The second-order valence-corrected chi connectivity index (χ2v) is 5.14. The zero-order valence-corrected chi connectivity index (χ0v) is 11.2. The fourth-order valence-corrected chi connectivity index (χ4v) is 2.84. The van der Waals surface area contributed by atoms with Gasteiger partial charge in [-0.3, -0.25) is 9.48 Å². The largest absolute Gasteiger partial charge is 0.306 e. The molecule has 16 heavy (non-hydrogen) atoms. The van der Waals surface area contributed by atoms with Gasteiger partial charge in [-0.05, 0) is 55.8 Å². The van der Waals surface area contributed by atoms with Gasteiger partial charge in [-0.15, -0.1) is 0 Å². The van der Waals surface area contributed by atoms with E-state index in [4.69, 9.17) is 0 Å². The summed E-state index contributed by atoms with van der Waals surface area (Å²) < 4.78 is 2.78. The molecule has 0 spiro atoms. The average molecular weight is 286 g/mol. The fraction of sp³-hybridized carbons (Fsp3) is 0.636. The Balaban J connectivity index is 2.18. The van der Waals surface area contributed by atoms with Gasteiger partial charge in [0, 0.05) is 0 Å². The van der Waals surface area contributed by atoms with E-state index < -0.39 is 0 Å². The standard InChI is InChI=1S/C11H16BrN3O/c1-8(16)10-7-13-15(11(10)12)9-3-5-14(2)6-4-9/h7,9H,3-6H2,1-2H3. The molecule has 88 valence electrons. The first-order chi connectivity index (χ1) is 7.59. The van der Waals surface area contributed by atoms with Gasteiger partial charge in [-0.2, -0.15) is 5.10 Å². The van der Waals surface area contributed by atoms with E-state index in [0.717, 1.165) is 30.5 Å². The van der Waals surface area contributed by atoms with E-state index in [9.17, 15) is 4.79 Å². The number of piperidine rings is 1. The average Bonchev–Trinajstić information content (AvgIpc) is 2.61. The number of halogens is 1. The highest BCUT2D eigenvalue weighted by molar-refractivity contribution is 9.10. The molecule has 1 aromatic heterocycles. The maximum Gasteiger partial charge on any atom is 0.164 e. The van der Waals surface area contributed by atoms with E-state index in [0.29, 0.717) is 11.6 Å². The third-order valence-electron chi connectivity index (χ3n) is 3.15. The smallest absolute Gasteiger partial charge is 0.164 e. The van der Waals surface area contributed by atoms with Crippen molar-refractivity contribution in [2.75, 3.05) is 20.1 Å². The number of likely N-dealkylation sites (tertiary alicyclic amines) is 1. The zero-order valence-electron chi connectivity index (χ0n) is 9.61. The van der Waals surface area contributed by atoms with Crippen LogP contribution in [0, 0.1) is 0 Å². The van der Waals surface area contributed by atoms with Gasteiger partial charge in [0.2, 0.25) is 0 Å². The van der Waals surface area contributed by atoms with Crippen LogP contribution < -0.4 is 0 Å². The molecular weight excluding hydrogens is 270 g/mol. The zero-order chi connectivity index (χ0) is 11.7. The van der Waals surface area contributed by atoms with Gasteiger partial charge in [0.15, 0.2) is 5.78 Å². The SMILES string of the molecule is CC(=O)c1cnn(C2CCN(C)CC2)c1Br. The van der Waals surface area contributed by atoms with Crippen LogP contribution in [0.25, 0.3) is 0 Å². The first kappa shape index (κ1) is 11.8. The Morgan fingerprint density at radius 2 is 2.12 bits per heavy atom. The summed E-state index contributed by atoms with van der Waals surface area (Å²) in [5, 5.41) is 4.32. The molecule has 2 rings (SSSR count). The van der Waals surface area contributed by atoms with Gasteiger partial charge in [0.05, 0.1) is 17.8 Å². The molecule has 4 nitrogen and oxygen atoms in total. The molecule has 5 heteroatoms. The molecule has 0 atom stereocenters. The van der Waals surface area contributed by atoms with E-state index in [1.54, 1.807) is 13.1 Å². The van der Waals surface area contributed by atoms with Crippen LogP contribution >= 0.6 is 15.9 Å². The summed E-state index contributed by atoms with van der Waals surface area (Å²) in [7, 11) is 2.13. The van der Waals surface area contributed by atoms with E-state index in [2.05, 4.69) is 33.0 Å². The number of ketones is 1. The monoisotopic (exact) mass is 285 g/mol. The van der Waals surface area contributed by atoms with E-state index in [1.165, 1.54) is 0 Å². The van der Waals surface area contributed by atoms with Crippen molar-refractivity contribution in [3.8, 4) is 0 Å². The molecule has 0 radical (unpaired) electrons. The van der Waals surface area contributed by atoms with Crippen molar-refractivity contribution < 1.29 is 4.79 Å². The van der Waals surface area contributed by atoms with E-state index in [1.807, 2.05) is 4.68 Å². The second kappa shape index (κ2) is 4.67. The Bertz CT molecular complexity index is 394. The molecule has 1 aliphatic rings. The molecule has 0 aliphatic carbocycles. The number of carbonyl (C=O) groups excluding carboxylic acids is 1. The maximum atomic E-state index is 11.3. The van der Waals surface area contributed by atoms with Gasteiger partial charge in [0.25, 0.3) is 0 Å². The first-order valence-corrected chi connectivity index (χ1v) is 6.31. The van der Waals surface area contributed by atoms with E-state index in [-0.39, 0.29) is 5.78 Å². The molecule has 1 aliphatic heterocycles. The van der Waals surface area contributed by atoms with Gasteiger partial charge in [0.1, 0.15) is 4.60 Å². The number of rotatable bonds is 2. The Hall–Kier alpha value is -0.680. The highest BCUT2D eigenvalue weighted by atomic mass is 79.9. The lowest BCUT2D eigenvalue weighted by Gasteiger charge is -2.29. The van der Waals surface area contributed by atoms with Gasteiger partial charge < -0.3 is 4.90 Å². The van der Waals surface area contributed by atoms with Crippen molar-refractivity contribution in [1.82, 2.24) is 14.7 Å². The lowest BCUT2D eigenvalue weighted by atomic mass is 10.1. The molecule has 1 fully saturated rings. The van der Waals surface area contributed by atoms with Gasteiger partial charge >= 0.3 is 0 Å². The van der Waals surface area contributed by atoms with Crippen LogP contribution in [-0.4, -0.2) is 40.6 Å². The molecule has 0 saturated carbocycles. The lowest BCUT2D eigenvalue weighted by molar-refractivity contribution is 0.101. The van der Waals surface area contributed by atoms with Gasteiger partial charge in [-0.1, -0.05) is 0 Å². The van der Waals surface area contributed by atoms with Crippen LogP contribution in [0.2, 0.25) is 0 Å². The second-order valence-electron chi connectivity index (χ2n) is 4.38. The molecule has 0 bridgehead atoms. The summed E-state index contributed by atoms with van der Waals surface area (Å²) in [6.07, 6.45) is 3.84.